The zero-order valence-electron chi connectivity index (χ0n) is 5.81. The monoisotopic (exact) mass is 290 g/mol. The lowest BCUT2D eigenvalue weighted by molar-refractivity contribution is 1.12. The largest absolute Gasteiger partial charge is 0.234 e. The molecule has 0 atom stereocenters. The van der Waals surface area contributed by atoms with E-state index in [0.29, 0.717) is 11.6 Å². The van der Waals surface area contributed by atoms with Gasteiger partial charge in [0.05, 0.1) is 0 Å². The number of aromatic nitrogens is 4. The predicted octanol–water partition coefficient (Wildman–Crippen LogP) is 1.60. The summed E-state index contributed by atoms with van der Waals surface area (Å²) >= 11 is 3.46. The van der Waals surface area contributed by atoms with Gasteiger partial charge in [0.15, 0.2) is 8.84 Å². The first kappa shape index (κ1) is 7.99. The quantitative estimate of drug-likeness (QED) is 0.749. The van der Waals surface area contributed by atoms with E-state index in [1.807, 2.05) is 0 Å². The molecule has 0 aromatic carbocycles. The maximum atomic E-state index is 4.15. The Morgan fingerprint density at radius 1 is 1.17 bits per heavy atom. The Kier molecular flexibility index (Phi) is 2.26. The van der Waals surface area contributed by atoms with Gasteiger partial charge in [-0.05, 0) is 40.2 Å². The summed E-state index contributed by atoms with van der Waals surface area (Å²) in [7, 11) is 0. The van der Waals surface area contributed by atoms with E-state index in [4.69, 9.17) is 0 Å². The third-order valence-corrected chi connectivity index (χ3v) is 2.51. The van der Waals surface area contributed by atoms with Crippen molar-refractivity contribution in [1.29, 1.82) is 0 Å². The molecule has 6 heteroatoms. The third kappa shape index (κ3) is 1.58. The van der Waals surface area contributed by atoms with Crippen molar-refractivity contribution in [2.24, 2.45) is 0 Å². The summed E-state index contributed by atoms with van der Waals surface area (Å²) in [6.45, 7) is 0. The van der Waals surface area contributed by atoms with Gasteiger partial charge in [-0.1, -0.05) is 0 Å². The van der Waals surface area contributed by atoms with Gasteiger partial charge >= 0.3 is 0 Å². The van der Waals surface area contributed by atoms with Gasteiger partial charge in [0, 0.05) is 12.4 Å². The minimum atomic E-state index is 0.580. The van der Waals surface area contributed by atoms with Crippen LogP contribution in [0, 0.1) is 3.01 Å². The maximum Gasteiger partial charge on any atom is 0.211 e. The van der Waals surface area contributed by atoms with Crippen LogP contribution in [0.1, 0.15) is 0 Å². The van der Waals surface area contributed by atoms with Gasteiger partial charge in [0.1, 0.15) is 0 Å². The van der Waals surface area contributed by atoms with E-state index in [9.17, 15) is 0 Å². The molecule has 0 N–H and O–H groups in total. The molecule has 12 heavy (non-hydrogen) atoms. The van der Waals surface area contributed by atoms with Crippen molar-refractivity contribution < 1.29 is 0 Å². The first-order valence-corrected chi connectivity index (χ1v) is 4.98. The van der Waals surface area contributed by atoms with Gasteiger partial charge < -0.3 is 0 Å². The molecule has 4 nitrogen and oxygen atoms in total. The molecule has 0 radical (unpaired) electrons. The molecular weight excluding hydrogens is 287 g/mol. The topological polar surface area (TPSA) is 51.6 Å². The van der Waals surface area contributed by atoms with Crippen LogP contribution in [0.3, 0.4) is 0 Å². The van der Waals surface area contributed by atoms with Crippen LogP contribution < -0.4 is 0 Å². The van der Waals surface area contributed by atoms with Gasteiger partial charge in [-0.15, -0.1) is 0 Å². The SMILES string of the molecule is Ic1nc(-c2ncccn2)ns1. The molecule has 0 saturated carbocycles. The summed E-state index contributed by atoms with van der Waals surface area (Å²) in [5.41, 5.74) is 0. The van der Waals surface area contributed by atoms with E-state index in [-0.39, 0.29) is 0 Å². The Bertz CT molecular complexity index is 374. The van der Waals surface area contributed by atoms with Crippen LogP contribution >= 0.6 is 34.1 Å². The Morgan fingerprint density at radius 3 is 2.50 bits per heavy atom. The molecule has 0 unspecified atom stereocenters. The zero-order valence-corrected chi connectivity index (χ0v) is 8.78. The normalized spacial score (nSPS) is 10.1. The lowest BCUT2D eigenvalue weighted by Gasteiger charge is -1.88. The number of hydrogen-bond donors (Lipinski definition) is 0. The fourth-order valence-corrected chi connectivity index (χ4v) is 1.65. The molecule has 0 amide bonds. The molecule has 0 bridgehead atoms. The molecule has 0 aliphatic carbocycles. The number of rotatable bonds is 1. The zero-order chi connectivity index (χ0) is 8.39. The second kappa shape index (κ2) is 3.40. The summed E-state index contributed by atoms with van der Waals surface area (Å²) in [6, 6.07) is 1.76. The van der Waals surface area contributed by atoms with Crippen molar-refractivity contribution in [3.8, 4) is 11.6 Å². The predicted molar refractivity (Wildman–Crippen MR) is 53.7 cm³/mol. The molecule has 0 fully saturated rings. The molecule has 2 heterocycles. The fraction of sp³-hybridized carbons (Fsp3) is 0. The van der Waals surface area contributed by atoms with Gasteiger partial charge in [0.2, 0.25) is 5.82 Å². The van der Waals surface area contributed by atoms with Crippen molar-refractivity contribution in [2.75, 3.05) is 0 Å². The minimum absolute atomic E-state index is 0.580. The highest BCUT2D eigenvalue weighted by Gasteiger charge is 2.05. The molecule has 2 rings (SSSR count). The Morgan fingerprint density at radius 2 is 1.92 bits per heavy atom. The van der Waals surface area contributed by atoms with E-state index in [0.717, 1.165) is 3.01 Å². The van der Waals surface area contributed by atoms with E-state index >= 15 is 0 Å². The summed E-state index contributed by atoms with van der Waals surface area (Å²) < 4.78 is 4.98. The second-order valence-corrected chi connectivity index (χ2v) is 4.45. The maximum absolute atomic E-state index is 4.15. The molecule has 2 aromatic rings. The third-order valence-electron chi connectivity index (χ3n) is 1.17. The van der Waals surface area contributed by atoms with Crippen LogP contribution in [-0.2, 0) is 0 Å². The Labute approximate surface area is 86.4 Å². The molecular formula is C6H3IN4S. The average Bonchev–Trinajstić information content (AvgIpc) is 2.54. The number of nitrogens with zero attached hydrogens (tertiary/aromatic N) is 4. The van der Waals surface area contributed by atoms with Crippen molar-refractivity contribution in [3.63, 3.8) is 0 Å². The smallest absolute Gasteiger partial charge is 0.211 e. The van der Waals surface area contributed by atoms with Gasteiger partial charge in [-0.25, -0.2) is 15.0 Å². The number of hydrogen-bond acceptors (Lipinski definition) is 5. The average molecular weight is 290 g/mol. The van der Waals surface area contributed by atoms with Crippen LogP contribution in [0.25, 0.3) is 11.6 Å². The van der Waals surface area contributed by atoms with Gasteiger partial charge in [-0.2, -0.15) is 4.37 Å². The van der Waals surface area contributed by atoms with Crippen LogP contribution in [0.15, 0.2) is 18.5 Å². The highest BCUT2D eigenvalue weighted by atomic mass is 127. The van der Waals surface area contributed by atoms with Crippen molar-refractivity contribution in [2.45, 2.75) is 0 Å². The first-order valence-electron chi connectivity index (χ1n) is 3.13. The van der Waals surface area contributed by atoms with Crippen molar-refractivity contribution in [1.82, 2.24) is 19.3 Å². The van der Waals surface area contributed by atoms with E-state index < -0.39 is 0 Å². The minimum Gasteiger partial charge on any atom is -0.234 e. The summed E-state index contributed by atoms with van der Waals surface area (Å²) in [5.74, 6) is 1.18. The fourth-order valence-electron chi connectivity index (χ4n) is 0.710. The summed E-state index contributed by atoms with van der Waals surface area (Å²) in [5, 5.41) is 0. The molecule has 0 saturated heterocycles. The van der Waals surface area contributed by atoms with Gasteiger partial charge in [0.25, 0.3) is 0 Å². The molecule has 60 valence electrons. The highest BCUT2D eigenvalue weighted by molar-refractivity contribution is 14.1. The second-order valence-electron chi connectivity index (χ2n) is 1.94. The Hall–Kier alpha value is -0.630. The van der Waals surface area contributed by atoms with Crippen LogP contribution in [0.5, 0.6) is 0 Å². The first-order chi connectivity index (χ1) is 5.86. The van der Waals surface area contributed by atoms with Crippen LogP contribution in [0.2, 0.25) is 0 Å². The van der Waals surface area contributed by atoms with Crippen LogP contribution in [0.4, 0.5) is 0 Å². The molecule has 0 spiro atoms. The highest BCUT2D eigenvalue weighted by Crippen LogP contribution is 2.14. The Balaban J connectivity index is 2.45. The van der Waals surface area contributed by atoms with Crippen molar-refractivity contribution in [3.05, 3.63) is 21.5 Å². The molecule has 0 aliphatic rings. The van der Waals surface area contributed by atoms with Crippen molar-refractivity contribution >= 4 is 34.1 Å². The summed E-state index contributed by atoms with van der Waals surface area (Å²) in [6.07, 6.45) is 3.35. The number of halogens is 1. The van der Waals surface area contributed by atoms with Crippen LogP contribution in [-0.4, -0.2) is 19.3 Å². The molecule has 2 aromatic heterocycles. The van der Waals surface area contributed by atoms with E-state index in [1.54, 1.807) is 18.5 Å². The summed E-state index contributed by atoms with van der Waals surface area (Å²) in [4.78, 5) is 12.2. The lowest BCUT2D eigenvalue weighted by Crippen LogP contribution is -1.88. The standard InChI is InChI=1S/C6H3IN4S/c7-6-10-5(11-12-6)4-8-2-1-3-9-4/h1-3H. The van der Waals surface area contributed by atoms with Gasteiger partial charge in [-0.3, -0.25) is 0 Å². The lowest BCUT2D eigenvalue weighted by atomic mass is 10.5. The van der Waals surface area contributed by atoms with E-state index in [1.165, 1.54) is 11.5 Å². The molecule has 0 aliphatic heterocycles. The van der Waals surface area contributed by atoms with E-state index in [2.05, 4.69) is 41.9 Å².